The average molecular weight is 304 g/mol. The molecule has 0 N–H and O–H groups in total. The molecule has 7 heteroatoms. The Morgan fingerprint density at radius 3 is 2.14 bits per heavy atom. The molecular formula is C14H6F6O. The van der Waals surface area contributed by atoms with E-state index in [0.717, 1.165) is 18.2 Å². The van der Waals surface area contributed by atoms with Crippen molar-refractivity contribution in [3.05, 3.63) is 70.5 Å². The molecular weight excluding hydrogens is 298 g/mol. The maximum atomic E-state index is 13.8. The van der Waals surface area contributed by atoms with Gasteiger partial charge < -0.3 is 0 Å². The van der Waals surface area contributed by atoms with E-state index in [4.69, 9.17) is 0 Å². The van der Waals surface area contributed by atoms with Gasteiger partial charge in [0.2, 0.25) is 0 Å². The third-order valence-corrected chi connectivity index (χ3v) is 2.73. The fourth-order valence-corrected chi connectivity index (χ4v) is 1.72. The van der Waals surface area contributed by atoms with Crippen LogP contribution in [0.5, 0.6) is 0 Å². The van der Waals surface area contributed by atoms with Crippen molar-refractivity contribution >= 4 is 5.78 Å². The number of ketones is 1. The topological polar surface area (TPSA) is 17.1 Å². The molecule has 0 saturated carbocycles. The van der Waals surface area contributed by atoms with Crippen molar-refractivity contribution in [3.63, 3.8) is 0 Å². The Kier molecular flexibility index (Phi) is 3.76. The van der Waals surface area contributed by atoms with Gasteiger partial charge in [0.1, 0.15) is 5.82 Å². The smallest absolute Gasteiger partial charge is 0.288 e. The monoisotopic (exact) mass is 304 g/mol. The summed E-state index contributed by atoms with van der Waals surface area (Å²) in [4.78, 5) is 11.9. The standard InChI is InChI=1S/C14H6F6O/c15-10-5-4-7(6-11(10)16)13(21)8-2-1-3-9(12(8)17)14(18,19)20/h1-6H. The quantitative estimate of drug-likeness (QED) is 0.595. The van der Waals surface area contributed by atoms with Crippen molar-refractivity contribution in [2.45, 2.75) is 6.18 Å². The summed E-state index contributed by atoms with van der Waals surface area (Å²) in [5.74, 6) is -5.50. The van der Waals surface area contributed by atoms with Crippen LogP contribution in [0.2, 0.25) is 0 Å². The summed E-state index contributed by atoms with van der Waals surface area (Å²) in [6.07, 6.45) is -4.96. The van der Waals surface area contributed by atoms with E-state index in [1.807, 2.05) is 0 Å². The zero-order valence-corrected chi connectivity index (χ0v) is 10.1. The molecule has 110 valence electrons. The van der Waals surface area contributed by atoms with Crippen LogP contribution in [0.3, 0.4) is 0 Å². The minimum atomic E-state index is -4.96. The van der Waals surface area contributed by atoms with E-state index >= 15 is 0 Å². The van der Waals surface area contributed by atoms with Crippen molar-refractivity contribution in [3.8, 4) is 0 Å². The van der Waals surface area contributed by atoms with Gasteiger partial charge in [0.05, 0.1) is 11.1 Å². The number of hydrogen-bond acceptors (Lipinski definition) is 1. The average Bonchev–Trinajstić information content (AvgIpc) is 2.40. The van der Waals surface area contributed by atoms with Crippen LogP contribution in [-0.2, 0) is 6.18 Å². The van der Waals surface area contributed by atoms with Crippen LogP contribution in [0.15, 0.2) is 36.4 Å². The summed E-state index contributed by atoms with van der Waals surface area (Å²) in [7, 11) is 0. The molecule has 0 heterocycles. The molecule has 1 nitrogen and oxygen atoms in total. The summed E-state index contributed by atoms with van der Waals surface area (Å²) in [6.45, 7) is 0. The van der Waals surface area contributed by atoms with Crippen LogP contribution in [-0.4, -0.2) is 5.78 Å². The third kappa shape index (κ3) is 2.91. The first-order valence-electron chi connectivity index (χ1n) is 5.57. The van der Waals surface area contributed by atoms with E-state index < -0.39 is 46.1 Å². The second-order valence-corrected chi connectivity index (χ2v) is 4.12. The normalized spacial score (nSPS) is 11.5. The van der Waals surface area contributed by atoms with E-state index in [0.29, 0.717) is 18.2 Å². The van der Waals surface area contributed by atoms with Crippen molar-refractivity contribution in [1.82, 2.24) is 0 Å². The van der Waals surface area contributed by atoms with Crippen LogP contribution in [0.4, 0.5) is 26.3 Å². The Morgan fingerprint density at radius 2 is 1.57 bits per heavy atom. The van der Waals surface area contributed by atoms with Crippen molar-refractivity contribution in [2.75, 3.05) is 0 Å². The molecule has 0 atom stereocenters. The highest BCUT2D eigenvalue weighted by atomic mass is 19.4. The second kappa shape index (κ2) is 5.23. The Bertz CT molecular complexity index is 705. The molecule has 21 heavy (non-hydrogen) atoms. The highest BCUT2D eigenvalue weighted by Crippen LogP contribution is 2.33. The highest BCUT2D eigenvalue weighted by molar-refractivity contribution is 6.09. The first kappa shape index (κ1) is 15.1. The number of benzene rings is 2. The number of carbonyl (C=O) groups excluding carboxylic acids is 1. The molecule has 0 radical (unpaired) electrons. The fraction of sp³-hybridized carbons (Fsp3) is 0.0714. The number of carbonyl (C=O) groups is 1. The van der Waals surface area contributed by atoms with Gasteiger partial charge in [-0.2, -0.15) is 13.2 Å². The number of alkyl halides is 3. The lowest BCUT2D eigenvalue weighted by atomic mass is 10.00. The molecule has 0 spiro atoms. The molecule has 2 aromatic carbocycles. The maximum absolute atomic E-state index is 13.8. The predicted octanol–water partition coefficient (Wildman–Crippen LogP) is 4.35. The summed E-state index contributed by atoms with van der Waals surface area (Å²) in [5, 5.41) is 0. The number of rotatable bonds is 2. The third-order valence-electron chi connectivity index (χ3n) is 2.73. The summed E-state index contributed by atoms with van der Waals surface area (Å²) in [6, 6.07) is 4.18. The SMILES string of the molecule is O=C(c1ccc(F)c(F)c1)c1cccc(C(F)(F)F)c1F. The Morgan fingerprint density at radius 1 is 0.905 bits per heavy atom. The van der Waals surface area contributed by atoms with Crippen molar-refractivity contribution in [1.29, 1.82) is 0 Å². The predicted molar refractivity (Wildman–Crippen MR) is 61.2 cm³/mol. The lowest BCUT2D eigenvalue weighted by Gasteiger charge is -2.10. The van der Waals surface area contributed by atoms with E-state index in [1.165, 1.54) is 0 Å². The van der Waals surface area contributed by atoms with Gasteiger partial charge in [-0.1, -0.05) is 6.07 Å². The summed E-state index contributed by atoms with van der Waals surface area (Å²) < 4.78 is 77.2. The molecule has 0 aliphatic heterocycles. The van der Waals surface area contributed by atoms with E-state index in [9.17, 15) is 31.1 Å². The molecule has 0 unspecified atom stereocenters. The fourth-order valence-electron chi connectivity index (χ4n) is 1.72. The Hall–Kier alpha value is -2.31. The molecule has 0 aliphatic rings. The van der Waals surface area contributed by atoms with E-state index in [-0.39, 0.29) is 0 Å². The van der Waals surface area contributed by atoms with Gasteiger partial charge in [0.15, 0.2) is 17.4 Å². The number of hydrogen-bond donors (Lipinski definition) is 0. The lowest BCUT2D eigenvalue weighted by Crippen LogP contribution is -2.13. The highest BCUT2D eigenvalue weighted by Gasteiger charge is 2.35. The minimum absolute atomic E-state index is 0.452. The molecule has 0 bridgehead atoms. The first-order chi connectivity index (χ1) is 9.71. The zero-order valence-electron chi connectivity index (χ0n) is 10.1. The van der Waals surface area contributed by atoms with Crippen molar-refractivity contribution < 1.29 is 31.1 Å². The minimum Gasteiger partial charge on any atom is -0.288 e. The van der Waals surface area contributed by atoms with E-state index in [2.05, 4.69) is 0 Å². The van der Waals surface area contributed by atoms with Gasteiger partial charge >= 0.3 is 6.18 Å². The molecule has 0 amide bonds. The molecule has 2 rings (SSSR count). The molecule has 2 aromatic rings. The summed E-state index contributed by atoms with van der Waals surface area (Å²) >= 11 is 0. The van der Waals surface area contributed by atoms with Crippen LogP contribution in [0.25, 0.3) is 0 Å². The largest absolute Gasteiger partial charge is 0.419 e. The molecule has 0 aromatic heterocycles. The van der Waals surface area contributed by atoms with E-state index in [1.54, 1.807) is 0 Å². The van der Waals surface area contributed by atoms with Crippen LogP contribution in [0, 0.1) is 17.5 Å². The molecule has 0 fully saturated rings. The molecule has 0 saturated heterocycles. The van der Waals surface area contributed by atoms with Gasteiger partial charge in [-0.05, 0) is 30.3 Å². The van der Waals surface area contributed by atoms with Gasteiger partial charge in [-0.25, -0.2) is 13.2 Å². The Balaban J connectivity index is 2.51. The second-order valence-electron chi connectivity index (χ2n) is 4.12. The molecule has 0 aliphatic carbocycles. The Labute approximate surface area is 114 Å². The lowest BCUT2D eigenvalue weighted by molar-refractivity contribution is -0.140. The van der Waals surface area contributed by atoms with Crippen LogP contribution >= 0.6 is 0 Å². The van der Waals surface area contributed by atoms with Crippen LogP contribution < -0.4 is 0 Å². The van der Waals surface area contributed by atoms with Crippen molar-refractivity contribution in [2.24, 2.45) is 0 Å². The van der Waals surface area contributed by atoms with Gasteiger partial charge in [0, 0.05) is 5.56 Å². The summed E-state index contributed by atoms with van der Waals surface area (Å²) in [5.41, 5.74) is -2.92. The maximum Gasteiger partial charge on any atom is 0.419 e. The number of halogens is 6. The van der Waals surface area contributed by atoms with Gasteiger partial charge in [0.25, 0.3) is 0 Å². The van der Waals surface area contributed by atoms with Gasteiger partial charge in [-0.15, -0.1) is 0 Å². The zero-order chi connectivity index (χ0) is 15.8. The van der Waals surface area contributed by atoms with Crippen LogP contribution in [0.1, 0.15) is 21.5 Å². The first-order valence-corrected chi connectivity index (χ1v) is 5.57. The van der Waals surface area contributed by atoms with Gasteiger partial charge in [-0.3, -0.25) is 4.79 Å².